The molecule has 1 aliphatic carbocycles. The Morgan fingerprint density at radius 1 is 1.20 bits per heavy atom. The number of nitrogens with one attached hydrogen (secondary N) is 1. The molecule has 0 aromatic heterocycles. The highest BCUT2D eigenvalue weighted by molar-refractivity contribution is 4.90. The van der Waals surface area contributed by atoms with Crippen LogP contribution in [0.2, 0.25) is 0 Å². The first-order valence-electron chi connectivity index (χ1n) is 5.94. The smallest absolute Gasteiger partial charge is 0.0772 e. The fourth-order valence-electron chi connectivity index (χ4n) is 2.08. The van der Waals surface area contributed by atoms with E-state index in [1.165, 1.54) is 0 Å². The summed E-state index contributed by atoms with van der Waals surface area (Å²) in [5, 5.41) is 22.5. The Labute approximate surface area is 92.9 Å². The van der Waals surface area contributed by atoms with Gasteiger partial charge in [-0.25, -0.2) is 0 Å². The molecule has 0 aromatic rings. The Morgan fingerprint density at radius 2 is 1.73 bits per heavy atom. The van der Waals surface area contributed by atoms with Crippen molar-refractivity contribution in [2.75, 3.05) is 13.1 Å². The largest absolute Gasteiger partial charge is 0.392 e. The summed E-state index contributed by atoms with van der Waals surface area (Å²) >= 11 is 0. The Kier molecular flexibility index (Phi) is 4.15. The van der Waals surface area contributed by atoms with Crippen molar-refractivity contribution in [1.82, 2.24) is 5.32 Å². The summed E-state index contributed by atoms with van der Waals surface area (Å²) < 4.78 is 0. The lowest BCUT2D eigenvalue weighted by molar-refractivity contribution is -0.0255. The van der Waals surface area contributed by atoms with Crippen LogP contribution in [0.4, 0.5) is 0 Å². The molecule has 1 rings (SSSR count). The number of aliphatic hydroxyl groups excluding tert-OH is 1. The number of hydrogen-bond acceptors (Lipinski definition) is 3. The fraction of sp³-hybridized carbons (Fsp3) is 1.00. The van der Waals surface area contributed by atoms with Crippen LogP contribution in [0.3, 0.4) is 0 Å². The van der Waals surface area contributed by atoms with Gasteiger partial charge in [0.1, 0.15) is 0 Å². The molecule has 0 amide bonds. The fourth-order valence-corrected chi connectivity index (χ4v) is 2.08. The van der Waals surface area contributed by atoms with E-state index in [1.807, 2.05) is 0 Å². The summed E-state index contributed by atoms with van der Waals surface area (Å²) in [7, 11) is 0. The van der Waals surface area contributed by atoms with Crippen LogP contribution in [0.5, 0.6) is 0 Å². The third kappa shape index (κ3) is 4.49. The molecule has 0 unspecified atom stereocenters. The molecule has 1 fully saturated rings. The molecular formula is C12H25NO2. The molecule has 0 radical (unpaired) electrons. The van der Waals surface area contributed by atoms with Gasteiger partial charge in [0.2, 0.25) is 0 Å². The van der Waals surface area contributed by atoms with E-state index < -0.39 is 5.60 Å². The molecule has 0 bridgehead atoms. The van der Waals surface area contributed by atoms with Gasteiger partial charge in [0.25, 0.3) is 0 Å². The lowest BCUT2D eigenvalue weighted by Crippen LogP contribution is -2.46. The van der Waals surface area contributed by atoms with Crippen LogP contribution >= 0.6 is 0 Å². The van der Waals surface area contributed by atoms with Crippen LogP contribution in [0.25, 0.3) is 0 Å². The normalized spacial score (nSPS) is 26.2. The predicted octanol–water partition coefficient (Wildman–Crippen LogP) is 1.29. The van der Waals surface area contributed by atoms with Gasteiger partial charge in [-0.3, -0.25) is 0 Å². The highest BCUT2D eigenvalue weighted by Gasteiger charge is 2.36. The third-order valence-electron chi connectivity index (χ3n) is 3.43. The van der Waals surface area contributed by atoms with E-state index >= 15 is 0 Å². The van der Waals surface area contributed by atoms with Crippen molar-refractivity contribution in [2.24, 2.45) is 5.41 Å². The van der Waals surface area contributed by atoms with Gasteiger partial charge in [0, 0.05) is 13.1 Å². The predicted molar refractivity (Wildman–Crippen MR) is 61.7 cm³/mol. The summed E-state index contributed by atoms with van der Waals surface area (Å²) in [5.74, 6) is 0. The van der Waals surface area contributed by atoms with Gasteiger partial charge >= 0.3 is 0 Å². The summed E-state index contributed by atoms with van der Waals surface area (Å²) in [5.41, 5.74) is -0.166. The molecule has 1 atom stereocenters. The minimum Gasteiger partial charge on any atom is -0.392 e. The van der Waals surface area contributed by atoms with Gasteiger partial charge in [-0.1, -0.05) is 13.8 Å². The van der Waals surface area contributed by atoms with E-state index in [0.29, 0.717) is 18.5 Å². The first kappa shape index (κ1) is 12.9. The van der Waals surface area contributed by atoms with Gasteiger partial charge < -0.3 is 15.5 Å². The lowest BCUT2D eigenvalue weighted by atomic mass is 9.71. The SMILES string of the molecule is C[C@H](O)CNCC1(O)CCC(C)(C)CC1. The Bertz CT molecular complexity index is 192. The summed E-state index contributed by atoms with van der Waals surface area (Å²) in [6.45, 7) is 7.44. The first-order valence-corrected chi connectivity index (χ1v) is 5.94. The molecule has 0 aromatic carbocycles. The van der Waals surface area contributed by atoms with Gasteiger partial charge in [-0.15, -0.1) is 0 Å². The average Bonchev–Trinajstić information content (AvgIpc) is 2.11. The second-order valence-corrected chi connectivity index (χ2v) is 5.87. The zero-order valence-corrected chi connectivity index (χ0v) is 10.2. The Morgan fingerprint density at radius 3 is 2.20 bits per heavy atom. The topological polar surface area (TPSA) is 52.5 Å². The molecule has 90 valence electrons. The molecule has 0 aliphatic heterocycles. The number of hydrogen-bond donors (Lipinski definition) is 3. The molecule has 0 spiro atoms. The molecule has 0 heterocycles. The van der Waals surface area contributed by atoms with Crippen LogP contribution < -0.4 is 5.32 Å². The van der Waals surface area contributed by atoms with Crippen LogP contribution in [0, 0.1) is 5.41 Å². The standard InChI is InChI=1S/C12H25NO2/c1-10(14)8-13-9-12(15)6-4-11(2,3)5-7-12/h10,13-15H,4-9H2,1-3H3/t10-/m0/s1. The Balaban J connectivity index is 2.29. The van der Waals surface area contributed by atoms with Crippen molar-refractivity contribution in [3.63, 3.8) is 0 Å². The maximum Gasteiger partial charge on any atom is 0.0772 e. The highest BCUT2D eigenvalue weighted by Crippen LogP contribution is 2.39. The quantitative estimate of drug-likeness (QED) is 0.662. The van der Waals surface area contributed by atoms with E-state index in [0.717, 1.165) is 25.7 Å². The molecule has 3 nitrogen and oxygen atoms in total. The first-order chi connectivity index (χ1) is 6.83. The van der Waals surface area contributed by atoms with Crippen molar-refractivity contribution in [2.45, 2.75) is 58.2 Å². The summed E-state index contributed by atoms with van der Waals surface area (Å²) in [6, 6.07) is 0. The maximum atomic E-state index is 10.3. The van der Waals surface area contributed by atoms with E-state index in [1.54, 1.807) is 6.92 Å². The molecule has 3 N–H and O–H groups in total. The zero-order chi connectivity index (χ0) is 11.5. The summed E-state index contributed by atoms with van der Waals surface area (Å²) in [6.07, 6.45) is 3.56. The van der Waals surface area contributed by atoms with Crippen molar-refractivity contribution < 1.29 is 10.2 Å². The van der Waals surface area contributed by atoms with Crippen LogP contribution in [0.15, 0.2) is 0 Å². The molecule has 1 saturated carbocycles. The second-order valence-electron chi connectivity index (χ2n) is 5.87. The Hall–Kier alpha value is -0.120. The zero-order valence-electron chi connectivity index (χ0n) is 10.2. The highest BCUT2D eigenvalue weighted by atomic mass is 16.3. The molecule has 3 heteroatoms. The van der Waals surface area contributed by atoms with Crippen LogP contribution in [0.1, 0.15) is 46.5 Å². The van der Waals surface area contributed by atoms with Gasteiger partial charge in [0.05, 0.1) is 11.7 Å². The van der Waals surface area contributed by atoms with Gasteiger partial charge in [-0.2, -0.15) is 0 Å². The van der Waals surface area contributed by atoms with Crippen LogP contribution in [-0.2, 0) is 0 Å². The molecule has 0 saturated heterocycles. The van der Waals surface area contributed by atoms with E-state index in [9.17, 15) is 5.11 Å². The van der Waals surface area contributed by atoms with Crippen molar-refractivity contribution in [1.29, 1.82) is 0 Å². The molecule has 1 aliphatic rings. The number of rotatable bonds is 4. The minimum atomic E-state index is -0.551. The van der Waals surface area contributed by atoms with E-state index in [-0.39, 0.29) is 6.10 Å². The van der Waals surface area contributed by atoms with Gasteiger partial charge in [-0.05, 0) is 38.0 Å². The molecular weight excluding hydrogens is 190 g/mol. The summed E-state index contributed by atoms with van der Waals surface area (Å²) in [4.78, 5) is 0. The van der Waals surface area contributed by atoms with Crippen molar-refractivity contribution in [3.05, 3.63) is 0 Å². The van der Waals surface area contributed by atoms with E-state index in [4.69, 9.17) is 5.11 Å². The van der Waals surface area contributed by atoms with Crippen molar-refractivity contribution >= 4 is 0 Å². The third-order valence-corrected chi connectivity index (χ3v) is 3.43. The average molecular weight is 215 g/mol. The maximum absolute atomic E-state index is 10.3. The lowest BCUT2D eigenvalue weighted by Gasteiger charge is -2.40. The van der Waals surface area contributed by atoms with Crippen molar-refractivity contribution in [3.8, 4) is 0 Å². The minimum absolute atomic E-state index is 0.339. The van der Waals surface area contributed by atoms with Crippen LogP contribution in [-0.4, -0.2) is 35.0 Å². The number of aliphatic hydroxyl groups is 2. The van der Waals surface area contributed by atoms with Gasteiger partial charge in [0.15, 0.2) is 0 Å². The second kappa shape index (κ2) is 4.81. The molecule has 15 heavy (non-hydrogen) atoms. The van der Waals surface area contributed by atoms with E-state index in [2.05, 4.69) is 19.2 Å². The monoisotopic (exact) mass is 215 g/mol.